The SMILES string of the molecule is CC(=O)c1ccnc(Oc2ccc(Cl)c(Cl)c2)c1. The molecule has 0 bridgehead atoms. The number of hydrogen-bond donors (Lipinski definition) is 0. The van der Waals surface area contributed by atoms with Crippen LogP contribution in [0.15, 0.2) is 36.5 Å². The van der Waals surface area contributed by atoms with Gasteiger partial charge in [0.05, 0.1) is 10.0 Å². The van der Waals surface area contributed by atoms with Crippen molar-refractivity contribution < 1.29 is 9.53 Å². The highest BCUT2D eigenvalue weighted by molar-refractivity contribution is 6.42. The largest absolute Gasteiger partial charge is 0.439 e. The molecule has 2 rings (SSSR count). The number of ketones is 1. The number of hydrogen-bond acceptors (Lipinski definition) is 3. The van der Waals surface area contributed by atoms with Crippen molar-refractivity contribution in [3.8, 4) is 11.6 Å². The van der Waals surface area contributed by atoms with Crippen LogP contribution in [0.1, 0.15) is 17.3 Å². The quantitative estimate of drug-likeness (QED) is 0.784. The maximum absolute atomic E-state index is 11.2. The van der Waals surface area contributed by atoms with Gasteiger partial charge in [-0.3, -0.25) is 4.79 Å². The van der Waals surface area contributed by atoms with Gasteiger partial charge in [-0.25, -0.2) is 4.98 Å². The number of rotatable bonds is 3. The standard InChI is InChI=1S/C13H9Cl2NO2/c1-8(17)9-4-5-16-13(6-9)18-10-2-3-11(14)12(15)7-10/h2-7H,1H3. The fourth-order valence-corrected chi connectivity index (χ4v) is 1.63. The molecule has 0 saturated heterocycles. The summed E-state index contributed by atoms with van der Waals surface area (Å²) in [6.45, 7) is 1.48. The van der Waals surface area contributed by atoms with E-state index in [0.29, 0.717) is 27.2 Å². The van der Waals surface area contributed by atoms with Crippen molar-refractivity contribution in [1.29, 1.82) is 0 Å². The lowest BCUT2D eigenvalue weighted by atomic mass is 10.2. The summed E-state index contributed by atoms with van der Waals surface area (Å²) in [4.78, 5) is 15.2. The number of benzene rings is 1. The maximum atomic E-state index is 11.2. The Morgan fingerprint density at radius 1 is 1.17 bits per heavy atom. The lowest BCUT2D eigenvalue weighted by Gasteiger charge is -2.06. The first-order chi connectivity index (χ1) is 8.56. The van der Waals surface area contributed by atoms with Crippen LogP contribution in [0.3, 0.4) is 0 Å². The second kappa shape index (κ2) is 5.38. The van der Waals surface area contributed by atoms with E-state index in [1.54, 1.807) is 30.3 Å². The summed E-state index contributed by atoms with van der Waals surface area (Å²) in [5.74, 6) is 0.801. The molecule has 1 aromatic heterocycles. The van der Waals surface area contributed by atoms with Gasteiger partial charge in [-0.1, -0.05) is 23.2 Å². The Balaban J connectivity index is 2.25. The Morgan fingerprint density at radius 2 is 1.94 bits per heavy atom. The molecule has 0 atom stereocenters. The molecule has 0 fully saturated rings. The minimum Gasteiger partial charge on any atom is -0.439 e. The Bertz CT molecular complexity index is 599. The van der Waals surface area contributed by atoms with E-state index in [-0.39, 0.29) is 5.78 Å². The fourth-order valence-electron chi connectivity index (χ4n) is 1.35. The average molecular weight is 282 g/mol. The van der Waals surface area contributed by atoms with Gasteiger partial charge in [0.1, 0.15) is 5.75 Å². The lowest BCUT2D eigenvalue weighted by Crippen LogP contribution is -1.94. The van der Waals surface area contributed by atoms with Gasteiger partial charge in [0, 0.05) is 23.9 Å². The van der Waals surface area contributed by atoms with Crippen molar-refractivity contribution in [2.24, 2.45) is 0 Å². The van der Waals surface area contributed by atoms with Gasteiger partial charge in [0.2, 0.25) is 5.88 Å². The number of halogens is 2. The summed E-state index contributed by atoms with van der Waals surface area (Å²) in [5, 5.41) is 0.853. The van der Waals surface area contributed by atoms with E-state index >= 15 is 0 Å². The molecule has 92 valence electrons. The lowest BCUT2D eigenvalue weighted by molar-refractivity contribution is 0.101. The average Bonchev–Trinajstić information content (AvgIpc) is 2.34. The number of ether oxygens (including phenoxy) is 1. The maximum Gasteiger partial charge on any atom is 0.219 e. The molecule has 0 aliphatic rings. The van der Waals surface area contributed by atoms with Gasteiger partial charge >= 0.3 is 0 Å². The molecule has 0 radical (unpaired) electrons. The molecule has 0 aliphatic heterocycles. The van der Waals surface area contributed by atoms with Crippen LogP contribution < -0.4 is 4.74 Å². The zero-order valence-electron chi connectivity index (χ0n) is 9.48. The van der Waals surface area contributed by atoms with Crippen LogP contribution in [0.25, 0.3) is 0 Å². The smallest absolute Gasteiger partial charge is 0.219 e. The molecule has 0 unspecified atom stereocenters. The summed E-state index contributed by atoms with van der Waals surface area (Å²) in [6.07, 6.45) is 1.52. The third kappa shape index (κ3) is 3.00. The molecular formula is C13H9Cl2NO2. The summed E-state index contributed by atoms with van der Waals surface area (Å²) in [6, 6.07) is 8.10. The topological polar surface area (TPSA) is 39.2 Å². The van der Waals surface area contributed by atoms with Crippen LogP contribution in [-0.4, -0.2) is 10.8 Å². The van der Waals surface area contributed by atoms with E-state index in [1.165, 1.54) is 13.1 Å². The molecule has 1 aromatic carbocycles. The molecule has 5 heteroatoms. The number of Topliss-reactive ketones (excluding diaryl/α,β-unsaturated/α-hetero) is 1. The number of pyridine rings is 1. The molecule has 0 saturated carbocycles. The predicted octanol–water partition coefficient (Wildman–Crippen LogP) is 4.38. The third-order valence-corrected chi connectivity index (χ3v) is 2.99. The Labute approximate surface area is 114 Å². The van der Waals surface area contributed by atoms with E-state index in [9.17, 15) is 4.79 Å². The Morgan fingerprint density at radius 3 is 2.61 bits per heavy atom. The third-order valence-electron chi connectivity index (χ3n) is 2.25. The highest BCUT2D eigenvalue weighted by Crippen LogP contribution is 2.28. The summed E-state index contributed by atoms with van der Waals surface area (Å²) in [7, 11) is 0. The van der Waals surface area contributed by atoms with Crippen LogP contribution in [0.5, 0.6) is 11.6 Å². The highest BCUT2D eigenvalue weighted by Gasteiger charge is 2.05. The molecule has 3 nitrogen and oxygen atoms in total. The fraction of sp³-hybridized carbons (Fsp3) is 0.0769. The van der Waals surface area contributed by atoms with Crippen molar-refractivity contribution in [3.63, 3.8) is 0 Å². The number of aromatic nitrogens is 1. The number of carbonyl (C=O) groups excluding carboxylic acids is 1. The molecule has 1 heterocycles. The zero-order chi connectivity index (χ0) is 13.1. The van der Waals surface area contributed by atoms with Crippen molar-refractivity contribution in [1.82, 2.24) is 4.98 Å². The molecule has 18 heavy (non-hydrogen) atoms. The summed E-state index contributed by atoms with van der Waals surface area (Å²) < 4.78 is 5.50. The van der Waals surface area contributed by atoms with Crippen LogP contribution >= 0.6 is 23.2 Å². The van der Waals surface area contributed by atoms with Crippen LogP contribution in [0.4, 0.5) is 0 Å². The van der Waals surface area contributed by atoms with Gasteiger partial charge in [0.25, 0.3) is 0 Å². The highest BCUT2D eigenvalue weighted by atomic mass is 35.5. The first-order valence-corrected chi connectivity index (χ1v) is 5.92. The second-order valence-electron chi connectivity index (χ2n) is 3.62. The molecule has 0 amide bonds. The van der Waals surface area contributed by atoms with Crippen molar-refractivity contribution >= 4 is 29.0 Å². The summed E-state index contributed by atoms with van der Waals surface area (Å²) in [5.41, 5.74) is 0.542. The van der Waals surface area contributed by atoms with Crippen molar-refractivity contribution in [2.45, 2.75) is 6.92 Å². The number of nitrogens with zero attached hydrogens (tertiary/aromatic N) is 1. The predicted molar refractivity (Wildman–Crippen MR) is 70.8 cm³/mol. The van der Waals surface area contributed by atoms with Crippen LogP contribution in [0.2, 0.25) is 10.0 Å². The van der Waals surface area contributed by atoms with Gasteiger partial charge in [-0.15, -0.1) is 0 Å². The second-order valence-corrected chi connectivity index (χ2v) is 4.43. The number of carbonyl (C=O) groups is 1. The zero-order valence-corrected chi connectivity index (χ0v) is 11.0. The van der Waals surface area contributed by atoms with Gasteiger partial charge < -0.3 is 4.74 Å². The first kappa shape index (κ1) is 12.9. The minimum absolute atomic E-state index is 0.0450. The van der Waals surface area contributed by atoms with E-state index in [4.69, 9.17) is 27.9 Å². The van der Waals surface area contributed by atoms with E-state index < -0.39 is 0 Å². The normalized spacial score (nSPS) is 10.2. The van der Waals surface area contributed by atoms with Crippen LogP contribution in [0, 0.1) is 0 Å². The van der Waals surface area contributed by atoms with E-state index in [2.05, 4.69) is 4.98 Å². The van der Waals surface area contributed by atoms with E-state index in [1.807, 2.05) is 0 Å². The molecule has 0 spiro atoms. The van der Waals surface area contributed by atoms with E-state index in [0.717, 1.165) is 0 Å². The minimum atomic E-state index is -0.0450. The van der Waals surface area contributed by atoms with Crippen molar-refractivity contribution in [2.75, 3.05) is 0 Å². The molecule has 0 N–H and O–H groups in total. The first-order valence-electron chi connectivity index (χ1n) is 5.16. The Kier molecular flexibility index (Phi) is 3.84. The molecule has 0 aliphatic carbocycles. The molecule has 2 aromatic rings. The van der Waals surface area contributed by atoms with Crippen LogP contribution in [-0.2, 0) is 0 Å². The van der Waals surface area contributed by atoms with Gasteiger partial charge in [-0.2, -0.15) is 0 Å². The van der Waals surface area contributed by atoms with Crippen molar-refractivity contribution in [3.05, 3.63) is 52.1 Å². The Hall–Kier alpha value is -1.58. The monoisotopic (exact) mass is 281 g/mol. The molecular weight excluding hydrogens is 273 g/mol. The van der Waals surface area contributed by atoms with Gasteiger partial charge in [-0.05, 0) is 25.1 Å². The summed E-state index contributed by atoms with van der Waals surface area (Å²) >= 11 is 11.7. The van der Waals surface area contributed by atoms with Gasteiger partial charge in [0.15, 0.2) is 5.78 Å².